The highest BCUT2D eigenvalue weighted by atomic mass is 16.5. The van der Waals surface area contributed by atoms with E-state index in [0.29, 0.717) is 13.2 Å². The molecule has 1 aromatic rings. The summed E-state index contributed by atoms with van der Waals surface area (Å²) in [5.74, 6) is 1.02. The van der Waals surface area contributed by atoms with Gasteiger partial charge in [0.05, 0.1) is 13.2 Å². The Labute approximate surface area is 90.7 Å². The van der Waals surface area contributed by atoms with Crippen LogP contribution in [0.1, 0.15) is 13.8 Å². The first-order valence-electron chi connectivity index (χ1n) is 5.07. The highest BCUT2D eigenvalue weighted by Crippen LogP contribution is 2.18. The lowest BCUT2D eigenvalue weighted by Crippen LogP contribution is -2.23. The van der Waals surface area contributed by atoms with E-state index >= 15 is 0 Å². The van der Waals surface area contributed by atoms with Gasteiger partial charge in [0, 0.05) is 12.7 Å². The van der Waals surface area contributed by atoms with Crippen molar-refractivity contribution in [1.82, 2.24) is 0 Å². The molecular weight excluding hydrogens is 190 g/mol. The molecule has 0 bridgehead atoms. The molecule has 1 aromatic carbocycles. The number of ether oxygens (including phenoxy) is 1. The molecular formula is C12H17NO2. The minimum atomic E-state index is 0.159. The third-order valence-electron chi connectivity index (χ3n) is 2.05. The summed E-state index contributed by atoms with van der Waals surface area (Å²) in [6.45, 7) is 4.65. The van der Waals surface area contributed by atoms with Crippen LogP contribution in [0, 0.1) is 0 Å². The van der Waals surface area contributed by atoms with E-state index in [0.717, 1.165) is 11.4 Å². The Bertz CT molecular complexity index is 319. The Morgan fingerprint density at radius 3 is 2.40 bits per heavy atom. The summed E-state index contributed by atoms with van der Waals surface area (Å²) in [6.07, 6.45) is 0. The van der Waals surface area contributed by atoms with Crippen LogP contribution in [0.15, 0.2) is 24.3 Å². The smallest absolute Gasteiger partial charge is 0.149 e. The molecule has 1 rings (SSSR count). The van der Waals surface area contributed by atoms with Gasteiger partial charge in [-0.1, -0.05) is 0 Å². The zero-order chi connectivity index (χ0) is 11.3. The van der Waals surface area contributed by atoms with Crippen LogP contribution in [0.2, 0.25) is 0 Å². The summed E-state index contributed by atoms with van der Waals surface area (Å²) >= 11 is 0. The lowest BCUT2D eigenvalue weighted by Gasteiger charge is -2.17. The maximum atomic E-state index is 10.9. The maximum Gasteiger partial charge on any atom is 0.149 e. The summed E-state index contributed by atoms with van der Waals surface area (Å²) in [5.41, 5.74) is 1.02. The number of Topliss-reactive ketones (excluding diaryl/α,β-unsaturated/α-hetero) is 1. The van der Waals surface area contributed by atoms with Crippen LogP contribution in [0.4, 0.5) is 5.69 Å². The zero-order valence-corrected chi connectivity index (χ0v) is 9.49. The molecule has 0 saturated carbocycles. The largest absolute Gasteiger partial charge is 0.494 e. The molecule has 3 heteroatoms. The molecule has 0 aromatic heterocycles. The standard InChI is InChI=1S/C12H17NO2/c1-4-15-12-7-5-11(6-8-12)13(3)9-10(2)14/h5-8H,4,9H2,1-3H3. The van der Waals surface area contributed by atoms with E-state index in [1.807, 2.05) is 43.1 Å². The SMILES string of the molecule is CCOc1ccc(N(C)CC(C)=O)cc1. The van der Waals surface area contributed by atoms with Crippen LogP contribution in [0.25, 0.3) is 0 Å². The Morgan fingerprint density at radius 2 is 1.93 bits per heavy atom. The number of hydrogen-bond donors (Lipinski definition) is 0. The summed E-state index contributed by atoms with van der Waals surface area (Å²) in [7, 11) is 1.90. The van der Waals surface area contributed by atoms with Crippen LogP contribution < -0.4 is 9.64 Å². The van der Waals surface area contributed by atoms with Gasteiger partial charge in [-0.25, -0.2) is 0 Å². The van der Waals surface area contributed by atoms with Crippen LogP contribution in [0.5, 0.6) is 5.75 Å². The van der Waals surface area contributed by atoms with Crippen LogP contribution in [-0.2, 0) is 4.79 Å². The first-order chi connectivity index (χ1) is 7.13. The van der Waals surface area contributed by atoms with Gasteiger partial charge in [0.15, 0.2) is 0 Å². The van der Waals surface area contributed by atoms with Gasteiger partial charge in [0.1, 0.15) is 11.5 Å². The van der Waals surface area contributed by atoms with Gasteiger partial charge >= 0.3 is 0 Å². The number of rotatable bonds is 5. The molecule has 0 amide bonds. The minimum absolute atomic E-state index is 0.159. The quantitative estimate of drug-likeness (QED) is 0.740. The van der Waals surface area contributed by atoms with Crippen molar-refractivity contribution in [1.29, 1.82) is 0 Å². The highest BCUT2D eigenvalue weighted by Gasteiger charge is 2.03. The van der Waals surface area contributed by atoms with Crippen molar-refractivity contribution in [3.63, 3.8) is 0 Å². The number of ketones is 1. The summed E-state index contributed by atoms with van der Waals surface area (Å²) in [4.78, 5) is 12.8. The maximum absolute atomic E-state index is 10.9. The van der Waals surface area contributed by atoms with Gasteiger partial charge in [-0.2, -0.15) is 0 Å². The molecule has 0 aliphatic rings. The van der Waals surface area contributed by atoms with Crippen molar-refractivity contribution >= 4 is 11.5 Å². The van der Waals surface area contributed by atoms with Crippen molar-refractivity contribution in [2.45, 2.75) is 13.8 Å². The molecule has 0 N–H and O–H groups in total. The second-order valence-corrected chi connectivity index (χ2v) is 3.48. The van der Waals surface area contributed by atoms with E-state index in [4.69, 9.17) is 4.74 Å². The van der Waals surface area contributed by atoms with E-state index in [1.165, 1.54) is 0 Å². The molecule has 0 atom stereocenters. The Hall–Kier alpha value is -1.51. The van der Waals surface area contributed by atoms with Gasteiger partial charge in [-0.3, -0.25) is 4.79 Å². The van der Waals surface area contributed by atoms with Gasteiger partial charge < -0.3 is 9.64 Å². The van der Waals surface area contributed by atoms with Crippen LogP contribution in [0.3, 0.4) is 0 Å². The summed E-state index contributed by atoms with van der Waals surface area (Å²) in [5, 5.41) is 0. The van der Waals surface area contributed by atoms with Gasteiger partial charge in [0.25, 0.3) is 0 Å². The number of carbonyl (C=O) groups is 1. The molecule has 0 saturated heterocycles. The Morgan fingerprint density at radius 1 is 1.33 bits per heavy atom. The van der Waals surface area contributed by atoms with Crippen LogP contribution in [-0.4, -0.2) is 26.0 Å². The van der Waals surface area contributed by atoms with Crippen molar-refractivity contribution in [2.24, 2.45) is 0 Å². The number of likely N-dealkylation sites (N-methyl/N-ethyl adjacent to an activating group) is 1. The van der Waals surface area contributed by atoms with E-state index in [9.17, 15) is 4.79 Å². The van der Waals surface area contributed by atoms with Crippen LogP contribution >= 0.6 is 0 Å². The van der Waals surface area contributed by atoms with E-state index in [2.05, 4.69) is 0 Å². The van der Waals surface area contributed by atoms with Crippen molar-refractivity contribution < 1.29 is 9.53 Å². The predicted octanol–water partition coefficient (Wildman–Crippen LogP) is 2.11. The number of benzene rings is 1. The molecule has 0 heterocycles. The molecule has 0 unspecified atom stereocenters. The fraction of sp³-hybridized carbons (Fsp3) is 0.417. The molecule has 15 heavy (non-hydrogen) atoms. The molecule has 0 spiro atoms. The molecule has 82 valence electrons. The fourth-order valence-electron chi connectivity index (χ4n) is 1.39. The van der Waals surface area contributed by atoms with E-state index in [-0.39, 0.29) is 5.78 Å². The molecule has 3 nitrogen and oxygen atoms in total. The molecule has 0 radical (unpaired) electrons. The molecule has 0 fully saturated rings. The lowest BCUT2D eigenvalue weighted by molar-refractivity contribution is -0.115. The van der Waals surface area contributed by atoms with Gasteiger partial charge in [0.2, 0.25) is 0 Å². The lowest BCUT2D eigenvalue weighted by atomic mass is 10.2. The average molecular weight is 207 g/mol. The molecule has 0 aliphatic carbocycles. The highest BCUT2D eigenvalue weighted by molar-refractivity contribution is 5.80. The predicted molar refractivity (Wildman–Crippen MR) is 61.6 cm³/mol. The van der Waals surface area contributed by atoms with Gasteiger partial charge in [-0.05, 0) is 38.1 Å². The van der Waals surface area contributed by atoms with Crippen molar-refractivity contribution in [2.75, 3.05) is 25.1 Å². The second-order valence-electron chi connectivity index (χ2n) is 3.48. The third kappa shape index (κ3) is 3.62. The fourth-order valence-corrected chi connectivity index (χ4v) is 1.39. The number of hydrogen-bond acceptors (Lipinski definition) is 3. The first kappa shape index (κ1) is 11.6. The van der Waals surface area contributed by atoms with Crippen molar-refractivity contribution in [3.8, 4) is 5.75 Å². The third-order valence-corrected chi connectivity index (χ3v) is 2.05. The Balaban J connectivity index is 2.66. The summed E-state index contributed by atoms with van der Waals surface area (Å²) < 4.78 is 5.34. The normalized spacial score (nSPS) is 9.80. The monoisotopic (exact) mass is 207 g/mol. The topological polar surface area (TPSA) is 29.5 Å². The zero-order valence-electron chi connectivity index (χ0n) is 9.49. The van der Waals surface area contributed by atoms with Crippen molar-refractivity contribution in [3.05, 3.63) is 24.3 Å². The van der Waals surface area contributed by atoms with E-state index < -0.39 is 0 Å². The summed E-state index contributed by atoms with van der Waals surface area (Å²) in [6, 6.07) is 7.73. The Kier molecular flexibility index (Phi) is 4.16. The number of anilines is 1. The first-order valence-corrected chi connectivity index (χ1v) is 5.07. The van der Waals surface area contributed by atoms with E-state index in [1.54, 1.807) is 6.92 Å². The molecule has 0 aliphatic heterocycles. The second kappa shape index (κ2) is 5.39. The number of carbonyl (C=O) groups excluding carboxylic acids is 1. The van der Waals surface area contributed by atoms with Gasteiger partial charge in [-0.15, -0.1) is 0 Å². The minimum Gasteiger partial charge on any atom is -0.494 e. The number of nitrogens with zero attached hydrogens (tertiary/aromatic N) is 1. The average Bonchev–Trinajstić information content (AvgIpc) is 2.18.